The molecule has 1 aromatic rings. The van der Waals surface area contributed by atoms with Crippen molar-refractivity contribution in [3.05, 3.63) is 34.9 Å². The van der Waals surface area contributed by atoms with Gasteiger partial charge < -0.3 is 5.73 Å². The molecule has 0 amide bonds. The third-order valence-corrected chi connectivity index (χ3v) is 5.35. The second-order valence-corrected chi connectivity index (χ2v) is 6.94. The first kappa shape index (κ1) is 14.0. The van der Waals surface area contributed by atoms with Gasteiger partial charge in [-0.1, -0.05) is 32.0 Å². The summed E-state index contributed by atoms with van der Waals surface area (Å²) in [7, 11) is 0. The van der Waals surface area contributed by atoms with Gasteiger partial charge >= 0.3 is 0 Å². The number of rotatable bonds is 6. The summed E-state index contributed by atoms with van der Waals surface area (Å²) < 4.78 is 0. The zero-order valence-corrected chi connectivity index (χ0v) is 12.4. The Morgan fingerprint density at radius 2 is 2.06 bits per heavy atom. The van der Waals surface area contributed by atoms with E-state index < -0.39 is 0 Å². The minimum Gasteiger partial charge on any atom is -0.327 e. The van der Waals surface area contributed by atoms with Crippen LogP contribution in [0.3, 0.4) is 0 Å². The van der Waals surface area contributed by atoms with E-state index in [4.69, 9.17) is 5.73 Å². The molecule has 1 nitrogen and oxygen atoms in total. The number of hydrogen-bond acceptors (Lipinski definition) is 2. The number of fused-ring (bicyclic) bond motifs is 1. The number of nitrogens with two attached hydrogens (primary N) is 1. The summed E-state index contributed by atoms with van der Waals surface area (Å²) in [4.78, 5) is 0. The van der Waals surface area contributed by atoms with Gasteiger partial charge in [0.25, 0.3) is 0 Å². The first-order valence-corrected chi connectivity index (χ1v) is 8.21. The molecule has 1 aliphatic rings. The molecule has 0 radical (unpaired) electrons. The highest BCUT2D eigenvalue weighted by Crippen LogP contribution is 2.23. The van der Waals surface area contributed by atoms with Crippen molar-refractivity contribution in [2.45, 2.75) is 57.2 Å². The molecule has 2 unspecified atom stereocenters. The van der Waals surface area contributed by atoms with Crippen LogP contribution in [0.4, 0.5) is 0 Å². The molecule has 0 fully saturated rings. The van der Waals surface area contributed by atoms with Gasteiger partial charge in [0.1, 0.15) is 0 Å². The van der Waals surface area contributed by atoms with Crippen molar-refractivity contribution in [3.8, 4) is 0 Å². The summed E-state index contributed by atoms with van der Waals surface area (Å²) in [6.45, 7) is 4.52. The molecule has 2 atom stereocenters. The van der Waals surface area contributed by atoms with E-state index in [0.29, 0.717) is 6.04 Å². The van der Waals surface area contributed by atoms with E-state index in [2.05, 4.69) is 32.0 Å². The van der Waals surface area contributed by atoms with E-state index in [9.17, 15) is 0 Å². The standard InChI is InChI=1S/C16H25NS/c1-3-12(2)18-11-16(17)10-13-7-8-14-5-4-6-15(14)9-13/h7-9,12,16H,3-6,10-11,17H2,1-2H3. The number of aryl methyl sites for hydroxylation is 2. The van der Waals surface area contributed by atoms with Crippen LogP contribution in [0, 0.1) is 0 Å². The second kappa shape index (κ2) is 6.63. The molecule has 0 aromatic heterocycles. The van der Waals surface area contributed by atoms with E-state index in [1.807, 2.05) is 11.8 Å². The zero-order chi connectivity index (χ0) is 13.0. The predicted octanol–water partition coefficient (Wildman–Crippen LogP) is 3.58. The summed E-state index contributed by atoms with van der Waals surface area (Å²) >= 11 is 2.00. The molecule has 1 aromatic carbocycles. The summed E-state index contributed by atoms with van der Waals surface area (Å²) in [6, 6.07) is 7.27. The van der Waals surface area contributed by atoms with Gasteiger partial charge in [-0.3, -0.25) is 0 Å². The first-order chi connectivity index (χ1) is 8.69. The molecule has 0 bridgehead atoms. The second-order valence-electron chi connectivity index (χ2n) is 5.47. The van der Waals surface area contributed by atoms with Gasteiger partial charge in [-0.25, -0.2) is 0 Å². The highest BCUT2D eigenvalue weighted by atomic mass is 32.2. The molecule has 2 rings (SSSR count). The zero-order valence-electron chi connectivity index (χ0n) is 11.6. The smallest absolute Gasteiger partial charge is 0.0171 e. The van der Waals surface area contributed by atoms with Crippen LogP contribution in [0.15, 0.2) is 18.2 Å². The largest absolute Gasteiger partial charge is 0.327 e. The average molecular weight is 263 g/mol. The average Bonchev–Trinajstić information content (AvgIpc) is 2.83. The summed E-state index contributed by atoms with van der Waals surface area (Å²) in [5.74, 6) is 1.08. The van der Waals surface area contributed by atoms with E-state index in [-0.39, 0.29) is 0 Å². The highest BCUT2D eigenvalue weighted by molar-refractivity contribution is 7.99. The third-order valence-electron chi connectivity index (χ3n) is 3.83. The Labute approximate surface area is 116 Å². The Hall–Kier alpha value is -0.470. The summed E-state index contributed by atoms with van der Waals surface area (Å²) in [5.41, 5.74) is 10.8. The Kier molecular flexibility index (Phi) is 5.13. The molecule has 100 valence electrons. The van der Waals surface area contributed by atoms with E-state index in [1.54, 1.807) is 11.1 Å². The summed E-state index contributed by atoms with van der Waals surface area (Å²) in [5, 5.41) is 0.732. The molecular formula is C16H25NS. The Morgan fingerprint density at radius 3 is 2.83 bits per heavy atom. The number of hydrogen-bond donors (Lipinski definition) is 1. The van der Waals surface area contributed by atoms with Crippen LogP contribution >= 0.6 is 11.8 Å². The van der Waals surface area contributed by atoms with Crippen LogP contribution in [-0.2, 0) is 19.3 Å². The van der Waals surface area contributed by atoms with E-state index in [1.165, 1.54) is 31.2 Å². The minimum atomic E-state index is 0.295. The normalized spacial score (nSPS) is 17.5. The van der Waals surface area contributed by atoms with Crippen molar-refractivity contribution < 1.29 is 0 Å². The van der Waals surface area contributed by atoms with Gasteiger partial charge in [0.05, 0.1) is 0 Å². The monoisotopic (exact) mass is 263 g/mol. The third kappa shape index (κ3) is 3.76. The van der Waals surface area contributed by atoms with Gasteiger partial charge in [0.15, 0.2) is 0 Å². The van der Waals surface area contributed by atoms with Gasteiger partial charge in [-0.2, -0.15) is 11.8 Å². The lowest BCUT2D eigenvalue weighted by Crippen LogP contribution is -2.26. The lowest BCUT2D eigenvalue weighted by molar-refractivity contribution is 0.744. The molecule has 2 N–H and O–H groups in total. The van der Waals surface area contributed by atoms with Crippen LogP contribution in [-0.4, -0.2) is 17.0 Å². The maximum Gasteiger partial charge on any atom is 0.0171 e. The van der Waals surface area contributed by atoms with Gasteiger partial charge in [-0.15, -0.1) is 0 Å². The molecule has 1 aliphatic carbocycles. The summed E-state index contributed by atoms with van der Waals surface area (Å²) in [6.07, 6.45) is 6.12. The van der Waals surface area contributed by atoms with Crippen LogP contribution < -0.4 is 5.73 Å². The Bertz CT molecular complexity index is 389. The van der Waals surface area contributed by atoms with Crippen LogP contribution in [0.2, 0.25) is 0 Å². The predicted molar refractivity (Wildman–Crippen MR) is 82.4 cm³/mol. The van der Waals surface area contributed by atoms with Crippen LogP contribution in [0.25, 0.3) is 0 Å². The lowest BCUT2D eigenvalue weighted by atomic mass is 10.0. The molecule has 0 heterocycles. The maximum absolute atomic E-state index is 6.23. The topological polar surface area (TPSA) is 26.0 Å². The fourth-order valence-corrected chi connectivity index (χ4v) is 3.45. The van der Waals surface area contributed by atoms with Crippen molar-refractivity contribution >= 4 is 11.8 Å². The highest BCUT2D eigenvalue weighted by Gasteiger charge is 2.12. The quantitative estimate of drug-likeness (QED) is 0.849. The van der Waals surface area contributed by atoms with Gasteiger partial charge in [0, 0.05) is 17.0 Å². The van der Waals surface area contributed by atoms with E-state index >= 15 is 0 Å². The van der Waals surface area contributed by atoms with Gasteiger partial charge in [-0.05, 0) is 48.8 Å². The SMILES string of the molecule is CCC(C)SCC(N)Cc1ccc2c(c1)CCC2. The molecule has 0 aliphatic heterocycles. The first-order valence-electron chi connectivity index (χ1n) is 7.17. The van der Waals surface area contributed by atoms with Gasteiger partial charge in [0.2, 0.25) is 0 Å². The Morgan fingerprint density at radius 1 is 1.28 bits per heavy atom. The van der Waals surface area contributed by atoms with Crippen molar-refractivity contribution in [1.29, 1.82) is 0 Å². The molecule has 0 spiro atoms. The molecule has 0 saturated carbocycles. The van der Waals surface area contributed by atoms with E-state index in [0.717, 1.165) is 17.4 Å². The fourth-order valence-electron chi connectivity index (χ4n) is 2.52. The Balaban J connectivity index is 1.85. The molecule has 0 saturated heterocycles. The lowest BCUT2D eigenvalue weighted by Gasteiger charge is -2.15. The number of benzene rings is 1. The molecular weight excluding hydrogens is 238 g/mol. The van der Waals surface area contributed by atoms with Crippen molar-refractivity contribution in [3.63, 3.8) is 0 Å². The molecule has 18 heavy (non-hydrogen) atoms. The van der Waals surface area contributed by atoms with Crippen molar-refractivity contribution in [1.82, 2.24) is 0 Å². The fraction of sp³-hybridized carbons (Fsp3) is 0.625. The van der Waals surface area contributed by atoms with Crippen LogP contribution in [0.5, 0.6) is 0 Å². The van der Waals surface area contributed by atoms with Crippen molar-refractivity contribution in [2.75, 3.05) is 5.75 Å². The van der Waals surface area contributed by atoms with Crippen molar-refractivity contribution in [2.24, 2.45) is 5.73 Å². The maximum atomic E-state index is 6.23. The molecule has 2 heteroatoms. The minimum absolute atomic E-state index is 0.295. The number of thioether (sulfide) groups is 1. The van der Waals surface area contributed by atoms with Crippen LogP contribution in [0.1, 0.15) is 43.4 Å².